The number of rotatable bonds is 10. The van der Waals surface area contributed by atoms with E-state index in [1.807, 2.05) is 36.7 Å². The van der Waals surface area contributed by atoms with Gasteiger partial charge in [-0.15, -0.1) is 0 Å². The Morgan fingerprint density at radius 1 is 1.20 bits per heavy atom. The second-order valence-electron chi connectivity index (χ2n) is 10.9. The van der Waals surface area contributed by atoms with Crippen molar-refractivity contribution < 1.29 is 14.6 Å². The summed E-state index contributed by atoms with van der Waals surface area (Å²) in [6.45, 7) is 7.63. The second-order valence-corrected chi connectivity index (χ2v) is 11.3. The van der Waals surface area contributed by atoms with Crippen molar-refractivity contribution in [1.29, 1.82) is 0 Å². The van der Waals surface area contributed by atoms with E-state index in [1.165, 1.54) is 0 Å². The number of aliphatic hydroxyl groups is 1. The van der Waals surface area contributed by atoms with E-state index >= 15 is 0 Å². The molecule has 40 heavy (non-hydrogen) atoms. The van der Waals surface area contributed by atoms with E-state index < -0.39 is 0 Å². The van der Waals surface area contributed by atoms with Gasteiger partial charge in [-0.2, -0.15) is 0 Å². The Hall–Kier alpha value is -3.39. The number of benzene rings is 2. The minimum absolute atomic E-state index is 0.00954. The summed E-state index contributed by atoms with van der Waals surface area (Å²) < 4.78 is 7.76. The van der Waals surface area contributed by atoms with Crippen LogP contribution >= 0.6 is 11.6 Å². The predicted molar refractivity (Wildman–Crippen MR) is 159 cm³/mol. The topological polar surface area (TPSA) is 79.1 Å². The lowest BCUT2D eigenvalue weighted by molar-refractivity contribution is 0.0912. The summed E-state index contributed by atoms with van der Waals surface area (Å²) in [5.74, 6) is 0.382. The van der Waals surface area contributed by atoms with Crippen molar-refractivity contribution in [1.82, 2.24) is 19.6 Å². The van der Waals surface area contributed by atoms with Crippen LogP contribution in [0, 0.1) is 6.92 Å². The molecule has 1 aliphatic rings. The van der Waals surface area contributed by atoms with Gasteiger partial charge in [0.1, 0.15) is 11.4 Å². The highest BCUT2D eigenvalue weighted by molar-refractivity contribution is 6.32. The maximum Gasteiger partial charge on any atom is 0.251 e. The monoisotopic (exact) mass is 560 g/mol. The predicted octanol–water partition coefficient (Wildman–Crippen LogP) is 5.55. The molecule has 8 heteroatoms. The molecule has 5 rings (SSSR count). The molecular weight excluding hydrogens is 524 g/mol. The highest BCUT2D eigenvalue weighted by Crippen LogP contribution is 2.27. The zero-order chi connectivity index (χ0) is 28.2. The van der Waals surface area contributed by atoms with Crippen molar-refractivity contribution in [2.45, 2.75) is 58.2 Å². The highest BCUT2D eigenvalue weighted by atomic mass is 35.5. The molecule has 0 unspecified atom stereocenters. The lowest BCUT2D eigenvalue weighted by Gasteiger charge is -2.29. The molecule has 0 saturated carbocycles. The summed E-state index contributed by atoms with van der Waals surface area (Å²) in [4.78, 5) is 20.4. The molecule has 0 bridgehead atoms. The van der Waals surface area contributed by atoms with Gasteiger partial charge in [-0.25, -0.2) is 4.98 Å². The first-order chi connectivity index (χ1) is 19.3. The summed E-state index contributed by atoms with van der Waals surface area (Å²) in [7, 11) is 0. The van der Waals surface area contributed by atoms with Gasteiger partial charge in [-0.1, -0.05) is 41.9 Å². The van der Waals surface area contributed by atoms with Crippen molar-refractivity contribution in [3.8, 4) is 17.0 Å². The lowest BCUT2D eigenvalue weighted by Crippen LogP contribution is -2.47. The number of aliphatic hydroxyl groups excluding tert-OH is 1. The second kappa shape index (κ2) is 12.4. The number of fused-ring (bicyclic) bond motifs is 1. The Morgan fingerprint density at radius 2 is 2.00 bits per heavy atom. The van der Waals surface area contributed by atoms with Gasteiger partial charge in [0, 0.05) is 42.1 Å². The number of hydrogen-bond acceptors (Lipinski definition) is 5. The van der Waals surface area contributed by atoms with Crippen LogP contribution < -0.4 is 10.1 Å². The first-order valence-electron chi connectivity index (χ1n) is 14.0. The molecule has 1 amide bonds. The number of pyridine rings is 1. The van der Waals surface area contributed by atoms with Crippen molar-refractivity contribution in [3.63, 3.8) is 0 Å². The largest absolute Gasteiger partial charge is 0.489 e. The molecule has 210 valence electrons. The van der Waals surface area contributed by atoms with Crippen LogP contribution in [-0.2, 0) is 6.42 Å². The van der Waals surface area contributed by atoms with E-state index in [2.05, 4.69) is 47.5 Å². The summed E-state index contributed by atoms with van der Waals surface area (Å²) in [5.41, 5.74) is 5.67. The van der Waals surface area contributed by atoms with Crippen LogP contribution in [0.1, 0.15) is 48.2 Å². The quantitative estimate of drug-likeness (QED) is 0.266. The molecule has 1 fully saturated rings. The SMILES string of the molecule is Cc1cccn2cc(-c3ccc(C[C@@H](CN4CCC[C@H]4CO)NC(=O)c4ccc(OC(C)C)c(Cl)c4)cc3)nc12. The van der Waals surface area contributed by atoms with Gasteiger partial charge < -0.3 is 19.6 Å². The number of halogens is 1. The molecular formula is C32H37ClN4O3. The van der Waals surface area contributed by atoms with Gasteiger partial charge in [-0.3, -0.25) is 9.69 Å². The first kappa shape index (κ1) is 28.1. The number of amides is 1. The van der Waals surface area contributed by atoms with Gasteiger partial charge in [0.25, 0.3) is 5.91 Å². The number of nitrogens with zero attached hydrogens (tertiary/aromatic N) is 3. The molecule has 7 nitrogen and oxygen atoms in total. The van der Waals surface area contributed by atoms with Crippen LogP contribution in [0.15, 0.2) is 67.0 Å². The molecule has 0 spiro atoms. The third-order valence-corrected chi connectivity index (χ3v) is 7.76. The Bertz CT molecular complexity index is 1470. The number of aromatic nitrogens is 2. The van der Waals surface area contributed by atoms with E-state index in [0.717, 1.165) is 47.4 Å². The minimum atomic E-state index is -0.181. The Morgan fingerprint density at radius 3 is 2.70 bits per heavy atom. The molecule has 4 aromatic rings. The average Bonchev–Trinajstić information content (AvgIpc) is 3.57. The van der Waals surface area contributed by atoms with Crippen LogP contribution in [-0.4, -0.2) is 63.2 Å². The molecule has 2 aromatic carbocycles. The van der Waals surface area contributed by atoms with E-state index in [-0.39, 0.29) is 30.7 Å². The molecule has 3 heterocycles. The van der Waals surface area contributed by atoms with E-state index in [4.69, 9.17) is 21.3 Å². The van der Waals surface area contributed by atoms with Crippen molar-refractivity contribution in [2.75, 3.05) is 19.7 Å². The summed E-state index contributed by atoms with van der Waals surface area (Å²) in [5, 5.41) is 13.5. The summed E-state index contributed by atoms with van der Waals surface area (Å²) >= 11 is 6.41. The molecule has 2 N–H and O–H groups in total. The molecule has 1 saturated heterocycles. The Labute approximate surface area is 240 Å². The van der Waals surface area contributed by atoms with Crippen molar-refractivity contribution >= 4 is 23.2 Å². The van der Waals surface area contributed by atoms with Gasteiger partial charge in [0.2, 0.25) is 0 Å². The number of carbonyl (C=O) groups excluding carboxylic acids is 1. The fourth-order valence-corrected chi connectivity index (χ4v) is 5.66. The number of hydrogen-bond donors (Lipinski definition) is 2. The zero-order valence-electron chi connectivity index (χ0n) is 23.3. The third-order valence-electron chi connectivity index (χ3n) is 7.47. The minimum Gasteiger partial charge on any atom is -0.489 e. The van der Waals surface area contributed by atoms with E-state index in [0.29, 0.717) is 29.3 Å². The zero-order valence-corrected chi connectivity index (χ0v) is 24.1. The number of nitrogens with one attached hydrogen (secondary N) is 1. The molecule has 0 aliphatic carbocycles. The van der Waals surface area contributed by atoms with Crippen LogP contribution in [0.5, 0.6) is 5.75 Å². The molecule has 2 aromatic heterocycles. The molecule has 2 atom stereocenters. The number of aryl methyl sites for hydroxylation is 1. The van der Waals surface area contributed by atoms with Gasteiger partial charge in [-0.05, 0) is 82.0 Å². The third kappa shape index (κ3) is 6.49. The smallest absolute Gasteiger partial charge is 0.251 e. The molecule has 0 radical (unpaired) electrons. The van der Waals surface area contributed by atoms with Crippen LogP contribution in [0.2, 0.25) is 5.02 Å². The first-order valence-corrected chi connectivity index (χ1v) is 14.3. The summed E-state index contributed by atoms with van der Waals surface area (Å²) in [6.07, 6.45) is 6.73. The number of likely N-dealkylation sites (tertiary alicyclic amines) is 1. The van der Waals surface area contributed by atoms with Gasteiger partial charge in [0.15, 0.2) is 0 Å². The van der Waals surface area contributed by atoms with Gasteiger partial charge >= 0.3 is 0 Å². The van der Waals surface area contributed by atoms with Crippen molar-refractivity contribution in [2.24, 2.45) is 0 Å². The molecule has 1 aliphatic heterocycles. The maximum atomic E-state index is 13.3. The Kier molecular flexibility index (Phi) is 8.74. The Balaban J connectivity index is 1.33. The van der Waals surface area contributed by atoms with Crippen LogP contribution in [0.3, 0.4) is 0 Å². The maximum absolute atomic E-state index is 13.3. The fraction of sp³-hybridized carbons (Fsp3) is 0.375. The fourth-order valence-electron chi connectivity index (χ4n) is 5.44. The van der Waals surface area contributed by atoms with Crippen LogP contribution in [0.4, 0.5) is 0 Å². The average molecular weight is 561 g/mol. The number of ether oxygens (including phenoxy) is 1. The van der Waals surface area contributed by atoms with E-state index in [1.54, 1.807) is 18.2 Å². The van der Waals surface area contributed by atoms with Crippen molar-refractivity contribution in [3.05, 3.63) is 88.7 Å². The van der Waals surface area contributed by atoms with Crippen LogP contribution in [0.25, 0.3) is 16.9 Å². The normalized spacial score (nSPS) is 16.5. The number of imidazole rings is 1. The lowest BCUT2D eigenvalue weighted by atomic mass is 10.0. The standard InChI is InChI=1S/C32H37ClN4O3/c1-21(2)40-30-13-12-25(17-28(30)33)32(39)34-26(18-36-14-5-7-27(36)20-38)16-23-8-10-24(11-9-23)29-19-37-15-4-6-22(3)31(37)35-29/h4,6,8-13,15,17,19,21,26-27,38H,5,7,14,16,18,20H2,1-3H3,(H,34,39)/t26-,27-/m0/s1. The number of carbonyl (C=O) groups is 1. The summed E-state index contributed by atoms with van der Waals surface area (Å²) in [6, 6.07) is 17.6. The van der Waals surface area contributed by atoms with Gasteiger partial charge in [0.05, 0.1) is 23.4 Å². The highest BCUT2D eigenvalue weighted by Gasteiger charge is 2.27. The van der Waals surface area contributed by atoms with E-state index in [9.17, 15) is 9.90 Å².